The van der Waals surface area contributed by atoms with Crippen LogP contribution in [0.3, 0.4) is 0 Å². The molecule has 0 saturated carbocycles. The van der Waals surface area contributed by atoms with Crippen LogP contribution in [0.1, 0.15) is 26.3 Å². The van der Waals surface area contributed by atoms with Crippen LogP contribution in [0.25, 0.3) is 11.1 Å². The molecule has 1 heterocycles. The quantitative estimate of drug-likeness (QED) is 0.526. The minimum absolute atomic E-state index is 0.0937. The number of methoxy groups -OCH3 is 1. The SMILES string of the molecule is COC(=O)C(CO[Si](C)(C)C(C)(C)C)NCc1ccc(-c2ccncc2)cc1. The van der Waals surface area contributed by atoms with E-state index in [2.05, 4.69) is 68.4 Å². The molecule has 5 nitrogen and oxygen atoms in total. The highest BCUT2D eigenvalue weighted by molar-refractivity contribution is 6.74. The van der Waals surface area contributed by atoms with Gasteiger partial charge in [-0.25, -0.2) is 0 Å². The van der Waals surface area contributed by atoms with Gasteiger partial charge in [0.25, 0.3) is 0 Å². The van der Waals surface area contributed by atoms with Crippen molar-refractivity contribution in [2.45, 2.75) is 51.5 Å². The summed E-state index contributed by atoms with van der Waals surface area (Å²) >= 11 is 0. The van der Waals surface area contributed by atoms with Crippen LogP contribution >= 0.6 is 0 Å². The van der Waals surface area contributed by atoms with Crippen LogP contribution in [0.5, 0.6) is 0 Å². The second kappa shape index (κ2) is 9.45. The molecule has 1 atom stereocenters. The zero-order chi connectivity index (χ0) is 20.8. The Morgan fingerprint density at radius 3 is 2.18 bits per heavy atom. The van der Waals surface area contributed by atoms with Crippen molar-refractivity contribution in [3.05, 3.63) is 54.4 Å². The minimum atomic E-state index is -1.93. The Balaban J connectivity index is 1.99. The number of ether oxygens (including phenoxy) is 1. The third kappa shape index (κ3) is 5.99. The number of rotatable bonds is 8. The lowest BCUT2D eigenvalue weighted by Crippen LogP contribution is -2.47. The Bertz CT molecular complexity index is 756. The van der Waals surface area contributed by atoms with Gasteiger partial charge in [0.1, 0.15) is 6.04 Å². The predicted octanol–water partition coefficient (Wildman–Crippen LogP) is 4.40. The molecule has 0 amide bonds. The van der Waals surface area contributed by atoms with E-state index in [0.717, 1.165) is 16.7 Å². The first-order valence-corrected chi connectivity index (χ1v) is 12.5. The lowest BCUT2D eigenvalue weighted by molar-refractivity contribution is -0.144. The third-order valence-corrected chi connectivity index (χ3v) is 9.92. The Labute approximate surface area is 169 Å². The molecule has 2 rings (SSSR count). The molecule has 0 spiro atoms. The molecule has 1 unspecified atom stereocenters. The van der Waals surface area contributed by atoms with Gasteiger partial charge in [0.2, 0.25) is 0 Å². The number of esters is 1. The van der Waals surface area contributed by atoms with Crippen LogP contribution in [0, 0.1) is 0 Å². The van der Waals surface area contributed by atoms with Gasteiger partial charge >= 0.3 is 5.97 Å². The van der Waals surface area contributed by atoms with Crippen LogP contribution in [-0.2, 0) is 20.5 Å². The number of nitrogens with zero attached hydrogens (tertiary/aromatic N) is 1. The van der Waals surface area contributed by atoms with Crippen LogP contribution in [0.4, 0.5) is 0 Å². The summed E-state index contributed by atoms with van der Waals surface area (Å²) in [6.45, 7) is 11.8. The van der Waals surface area contributed by atoms with Gasteiger partial charge in [0.15, 0.2) is 8.32 Å². The van der Waals surface area contributed by atoms with Gasteiger partial charge in [-0.2, -0.15) is 0 Å². The number of pyridine rings is 1. The van der Waals surface area contributed by atoms with E-state index in [1.54, 1.807) is 12.4 Å². The summed E-state index contributed by atoms with van der Waals surface area (Å²) in [5.74, 6) is -0.299. The lowest BCUT2D eigenvalue weighted by atomic mass is 10.1. The van der Waals surface area contributed by atoms with Crippen molar-refractivity contribution < 1.29 is 14.0 Å². The molecule has 0 aliphatic heterocycles. The highest BCUT2D eigenvalue weighted by atomic mass is 28.4. The van der Waals surface area contributed by atoms with E-state index in [4.69, 9.17) is 9.16 Å². The summed E-state index contributed by atoms with van der Waals surface area (Å²) in [5.41, 5.74) is 3.36. The Hall–Kier alpha value is -2.02. The summed E-state index contributed by atoms with van der Waals surface area (Å²) in [4.78, 5) is 16.2. The van der Waals surface area contributed by atoms with Crippen molar-refractivity contribution in [3.63, 3.8) is 0 Å². The molecule has 0 saturated heterocycles. The zero-order valence-corrected chi connectivity index (χ0v) is 18.8. The summed E-state index contributed by atoms with van der Waals surface area (Å²) in [6.07, 6.45) is 3.57. The fourth-order valence-corrected chi connectivity index (χ4v) is 3.48. The molecule has 0 bridgehead atoms. The standard InChI is InChI=1S/C22H32N2O3Si/c1-22(2,3)28(5,6)27-16-20(21(25)26-4)24-15-17-7-9-18(10-8-17)19-11-13-23-14-12-19/h7-14,20,24H,15-16H2,1-6H3. The molecule has 0 fully saturated rings. The van der Waals surface area contributed by atoms with Gasteiger partial charge in [-0.05, 0) is 47.0 Å². The normalized spacial score (nSPS) is 13.2. The highest BCUT2D eigenvalue weighted by Crippen LogP contribution is 2.36. The Morgan fingerprint density at radius 1 is 1.07 bits per heavy atom. The van der Waals surface area contributed by atoms with Crippen LogP contribution < -0.4 is 5.32 Å². The maximum atomic E-state index is 12.2. The smallest absolute Gasteiger partial charge is 0.325 e. The van der Waals surface area contributed by atoms with Crippen LogP contribution in [0.15, 0.2) is 48.8 Å². The molecule has 2 aromatic rings. The number of aromatic nitrogens is 1. The maximum absolute atomic E-state index is 12.2. The number of carbonyl (C=O) groups is 1. The molecule has 0 aliphatic rings. The number of benzene rings is 1. The second-order valence-corrected chi connectivity index (χ2v) is 13.3. The average Bonchev–Trinajstić information content (AvgIpc) is 2.67. The van der Waals surface area contributed by atoms with Crippen molar-refractivity contribution in [2.24, 2.45) is 0 Å². The predicted molar refractivity (Wildman–Crippen MR) is 115 cm³/mol. The van der Waals surface area contributed by atoms with E-state index in [-0.39, 0.29) is 11.0 Å². The highest BCUT2D eigenvalue weighted by Gasteiger charge is 2.38. The van der Waals surface area contributed by atoms with Crippen molar-refractivity contribution in [1.29, 1.82) is 0 Å². The van der Waals surface area contributed by atoms with Crippen molar-refractivity contribution in [3.8, 4) is 11.1 Å². The van der Waals surface area contributed by atoms with Crippen LogP contribution in [-0.4, -0.2) is 39.0 Å². The molecule has 6 heteroatoms. The first-order chi connectivity index (χ1) is 13.1. The zero-order valence-electron chi connectivity index (χ0n) is 17.8. The van der Waals surface area contributed by atoms with Gasteiger partial charge < -0.3 is 9.16 Å². The summed E-state index contributed by atoms with van der Waals surface area (Å²) in [5, 5.41) is 3.38. The van der Waals surface area contributed by atoms with E-state index in [0.29, 0.717) is 13.2 Å². The fourth-order valence-electron chi connectivity index (χ4n) is 2.46. The fraction of sp³-hybridized carbons (Fsp3) is 0.455. The summed E-state index contributed by atoms with van der Waals surface area (Å²) in [7, 11) is -0.523. The van der Waals surface area contributed by atoms with E-state index in [1.165, 1.54) is 7.11 Å². The molecule has 1 aromatic carbocycles. The number of nitrogens with one attached hydrogen (secondary N) is 1. The molecule has 1 aromatic heterocycles. The maximum Gasteiger partial charge on any atom is 0.325 e. The lowest BCUT2D eigenvalue weighted by Gasteiger charge is -2.37. The van der Waals surface area contributed by atoms with E-state index in [1.807, 2.05) is 12.1 Å². The molecular weight excluding hydrogens is 368 g/mol. The number of carbonyl (C=O) groups excluding carboxylic acids is 1. The van der Waals surface area contributed by atoms with Gasteiger partial charge in [-0.3, -0.25) is 15.1 Å². The topological polar surface area (TPSA) is 60.5 Å². The van der Waals surface area contributed by atoms with Crippen molar-refractivity contribution in [1.82, 2.24) is 10.3 Å². The summed E-state index contributed by atoms with van der Waals surface area (Å²) in [6, 6.07) is 11.8. The van der Waals surface area contributed by atoms with Crippen LogP contribution in [0.2, 0.25) is 18.1 Å². The molecule has 1 N–H and O–H groups in total. The van der Waals surface area contributed by atoms with Gasteiger partial charge in [0, 0.05) is 18.9 Å². The minimum Gasteiger partial charge on any atom is -0.468 e. The second-order valence-electron chi connectivity index (χ2n) is 8.46. The largest absolute Gasteiger partial charge is 0.468 e. The number of hydrogen-bond donors (Lipinski definition) is 1. The first-order valence-electron chi connectivity index (χ1n) is 9.58. The van der Waals surface area contributed by atoms with Crippen molar-refractivity contribution in [2.75, 3.05) is 13.7 Å². The van der Waals surface area contributed by atoms with Gasteiger partial charge in [0.05, 0.1) is 13.7 Å². The molecule has 28 heavy (non-hydrogen) atoms. The van der Waals surface area contributed by atoms with E-state index in [9.17, 15) is 4.79 Å². The molecule has 0 radical (unpaired) electrons. The monoisotopic (exact) mass is 400 g/mol. The van der Waals surface area contributed by atoms with Gasteiger partial charge in [-0.15, -0.1) is 0 Å². The molecule has 0 aliphatic carbocycles. The average molecular weight is 401 g/mol. The molecular formula is C22H32N2O3Si. The Kier molecular flexibility index (Phi) is 7.52. The van der Waals surface area contributed by atoms with Gasteiger partial charge in [-0.1, -0.05) is 45.0 Å². The van der Waals surface area contributed by atoms with E-state index >= 15 is 0 Å². The summed E-state index contributed by atoms with van der Waals surface area (Å²) < 4.78 is 11.2. The number of hydrogen-bond acceptors (Lipinski definition) is 5. The van der Waals surface area contributed by atoms with Crippen molar-refractivity contribution >= 4 is 14.3 Å². The third-order valence-electron chi connectivity index (χ3n) is 5.42. The molecule has 152 valence electrons. The Morgan fingerprint density at radius 2 is 1.64 bits per heavy atom. The van der Waals surface area contributed by atoms with E-state index < -0.39 is 14.4 Å². The first kappa shape index (κ1) is 22.3.